The van der Waals surface area contributed by atoms with Crippen LogP contribution in [0.15, 0.2) is 45.7 Å². The van der Waals surface area contributed by atoms with E-state index in [1.807, 2.05) is 0 Å². The van der Waals surface area contributed by atoms with Crippen LogP contribution in [-0.2, 0) is 14.8 Å². The molecule has 19 heavy (non-hydrogen) atoms. The van der Waals surface area contributed by atoms with Crippen LogP contribution in [0.1, 0.15) is 0 Å². The van der Waals surface area contributed by atoms with Crippen LogP contribution >= 0.6 is 0 Å². The smallest absolute Gasteiger partial charge is 0.258 e. The number of rotatable bonds is 3. The van der Waals surface area contributed by atoms with Crippen LogP contribution in [0.5, 0.6) is 0 Å². The van der Waals surface area contributed by atoms with E-state index in [4.69, 9.17) is 0 Å². The lowest BCUT2D eigenvalue weighted by molar-refractivity contribution is -0.383. The molecule has 2 aromatic carbocycles. The Morgan fingerprint density at radius 3 is 2.37 bits per heavy atom. The molecule has 0 aliphatic carbocycles. The Bertz CT molecular complexity index is 817. The van der Waals surface area contributed by atoms with Gasteiger partial charge in [-0.25, -0.2) is 4.79 Å². The van der Waals surface area contributed by atoms with Crippen LogP contribution in [0, 0.1) is 10.1 Å². The highest BCUT2D eigenvalue weighted by Crippen LogP contribution is 2.32. The molecule has 0 amide bonds. The first-order chi connectivity index (χ1) is 8.97. The van der Waals surface area contributed by atoms with Crippen molar-refractivity contribution < 1.29 is 18.1 Å². The van der Waals surface area contributed by atoms with E-state index in [9.17, 15) is 23.3 Å². The molecule has 0 unspecified atom stereocenters. The lowest BCUT2D eigenvalue weighted by Gasteiger charge is -2.04. The van der Waals surface area contributed by atoms with E-state index in [-0.39, 0.29) is 16.0 Å². The van der Waals surface area contributed by atoms with Gasteiger partial charge in [-0.2, -0.15) is 8.42 Å². The molecule has 0 atom stereocenters. The monoisotopic (exact) mass is 278 g/mol. The molecule has 0 radical (unpaired) electrons. The number of hydrogen-bond acceptors (Lipinski definition) is 5. The van der Waals surface area contributed by atoms with Gasteiger partial charge in [0.15, 0.2) is 0 Å². The molecule has 96 valence electrons. The second-order valence-corrected chi connectivity index (χ2v) is 5.12. The number of nitrogens with zero attached hydrogens (tertiary/aromatic N) is 2. The quantitative estimate of drug-likeness (QED) is 0.368. The van der Waals surface area contributed by atoms with Crippen molar-refractivity contribution >= 4 is 32.6 Å². The average Bonchev–Trinajstić information content (AvgIpc) is 2.37. The molecule has 0 saturated heterocycles. The Labute approximate surface area is 107 Å². The maximum atomic E-state index is 11.8. The van der Waals surface area contributed by atoms with Crippen molar-refractivity contribution in [1.82, 2.24) is 0 Å². The van der Waals surface area contributed by atoms with Crippen LogP contribution < -0.4 is 0 Å². The van der Waals surface area contributed by atoms with Gasteiger partial charge in [-0.3, -0.25) is 10.1 Å². The normalized spacial score (nSPS) is 10.9. The molecule has 0 aliphatic rings. The number of carbonyl (C=O) groups excluding carboxylic acids is 1. The standard InChI is InChI=1S/C11H6N2O5S/c14-7-12-19(17,18)10-6-2-4-8-3-1-5-9(11(8)10)13(15)16/h1-6H. The molecule has 0 spiro atoms. The predicted molar refractivity (Wildman–Crippen MR) is 65.9 cm³/mol. The topological polar surface area (TPSA) is 107 Å². The maximum Gasteiger partial charge on any atom is 0.293 e. The van der Waals surface area contributed by atoms with Crippen molar-refractivity contribution in [2.24, 2.45) is 4.40 Å². The van der Waals surface area contributed by atoms with Crippen molar-refractivity contribution in [3.05, 3.63) is 46.5 Å². The maximum absolute atomic E-state index is 11.8. The van der Waals surface area contributed by atoms with Gasteiger partial charge in [-0.15, -0.1) is 0 Å². The first-order valence-corrected chi connectivity index (χ1v) is 6.41. The van der Waals surface area contributed by atoms with Gasteiger partial charge >= 0.3 is 0 Å². The summed E-state index contributed by atoms with van der Waals surface area (Å²) in [7, 11) is -4.30. The number of benzene rings is 2. The van der Waals surface area contributed by atoms with Gasteiger partial charge in [0.25, 0.3) is 21.8 Å². The zero-order chi connectivity index (χ0) is 14.0. The summed E-state index contributed by atoms with van der Waals surface area (Å²) in [6, 6.07) is 8.27. The summed E-state index contributed by atoms with van der Waals surface area (Å²) in [5.74, 6) is 0. The summed E-state index contributed by atoms with van der Waals surface area (Å²) in [6.07, 6.45) is 0.937. The van der Waals surface area contributed by atoms with Gasteiger partial charge in [0.05, 0.1) is 10.3 Å². The number of nitro groups is 1. The fraction of sp³-hybridized carbons (Fsp3) is 0. The van der Waals surface area contributed by atoms with Gasteiger partial charge in [0, 0.05) is 6.07 Å². The lowest BCUT2D eigenvalue weighted by atomic mass is 10.1. The zero-order valence-electron chi connectivity index (χ0n) is 9.31. The lowest BCUT2D eigenvalue weighted by Crippen LogP contribution is -2.00. The fourth-order valence-electron chi connectivity index (χ4n) is 1.75. The highest BCUT2D eigenvalue weighted by molar-refractivity contribution is 7.90. The van der Waals surface area contributed by atoms with Gasteiger partial charge in [-0.1, -0.05) is 28.7 Å². The minimum atomic E-state index is -4.30. The van der Waals surface area contributed by atoms with Crippen molar-refractivity contribution in [3.63, 3.8) is 0 Å². The number of non-ortho nitro benzene ring substituents is 1. The summed E-state index contributed by atoms with van der Waals surface area (Å²) in [5.41, 5.74) is -0.363. The number of fused-ring (bicyclic) bond motifs is 1. The highest BCUT2D eigenvalue weighted by atomic mass is 32.2. The largest absolute Gasteiger partial charge is 0.293 e. The van der Waals surface area contributed by atoms with Crippen molar-refractivity contribution in [3.8, 4) is 0 Å². The van der Waals surface area contributed by atoms with E-state index in [0.29, 0.717) is 5.39 Å². The SMILES string of the molecule is O=C=NS(=O)(=O)c1cccc2cccc([N+](=O)[O-])c12. The third kappa shape index (κ3) is 2.22. The summed E-state index contributed by atoms with van der Waals surface area (Å²) in [5, 5.41) is 11.3. The Morgan fingerprint density at radius 1 is 1.16 bits per heavy atom. The minimum Gasteiger partial charge on any atom is -0.258 e. The summed E-state index contributed by atoms with van der Waals surface area (Å²) >= 11 is 0. The molecule has 0 aromatic heterocycles. The van der Waals surface area contributed by atoms with Crippen LogP contribution in [0.2, 0.25) is 0 Å². The molecule has 0 saturated carbocycles. The molecular formula is C11H6N2O5S. The average molecular weight is 278 g/mol. The Hall–Kier alpha value is -2.57. The number of hydrogen-bond donors (Lipinski definition) is 0. The van der Waals surface area contributed by atoms with Crippen molar-refractivity contribution in [1.29, 1.82) is 0 Å². The second kappa shape index (κ2) is 4.60. The molecule has 0 fully saturated rings. The van der Waals surface area contributed by atoms with E-state index in [1.165, 1.54) is 30.3 Å². The third-order valence-corrected chi connectivity index (χ3v) is 3.69. The molecule has 8 heteroatoms. The van der Waals surface area contributed by atoms with Gasteiger partial charge in [0.2, 0.25) is 0 Å². The Morgan fingerprint density at radius 2 is 1.79 bits per heavy atom. The van der Waals surface area contributed by atoms with Crippen LogP contribution in [-0.4, -0.2) is 19.4 Å². The molecule has 0 bridgehead atoms. The summed E-state index contributed by atoms with van der Waals surface area (Å²) in [6.45, 7) is 0. The van der Waals surface area contributed by atoms with E-state index < -0.39 is 14.9 Å². The van der Waals surface area contributed by atoms with Crippen molar-refractivity contribution in [2.75, 3.05) is 0 Å². The first-order valence-electron chi connectivity index (χ1n) is 4.97. The van der Waals surface area contributed by atoms with Gasteiger partial charge in [-0.05, 0) is 11.5 Å². The first kappa shape index (κ1) is 12.9. The zero-order valence-corrected chi connectivity index (χ0v) is 10.1. The molecule has 7 nitrogen and oxygen atoms in total. The van der Waals surface area contributed by atoms with E-state index in [0.717, 1.165) is 12.1 Å². The Kier molecular flexibility index (Phi) is 3.12. The van der Waals surface area contributed by atoms with E-state index >= 15 is 0 Å². The number of isocyanates is 1. The molecule has 2 rings (SSSR count). The highest BCUT2D eigenvalue weighted by Gasteiger charge is 2.22. The van der Waals surface area contributed by atoms with Crippen LogP contribution in [0.25, 0.3) is 10.8 Å². The van der Waals surface area contributed by atoms with Crippen LogP contribution in [0.4, 0.5) is 5.69 Å². The van der Waals surface area contributed by atoms with E-state index in [1.54, 1.807) is 0 Å². The molecule has 0 N–H and O–H groups in total. The molecule has 0 aliphatic heterocycles. The summed E-state index contributed by atoms with van der Waals surface area (Å²) in [4.78, 5) is 20.0. The number of sulfonamides is 1. The fourth-order valence-corrected chi connectivity index (χ4v) is 2.68. The van der Waals surface area contributed by atoms with Crippen LogP contribution in [0.3, 0.4) is 0 Å². The third-order valence-electron chi connectivity index (χ3n) is 2.48. The molecule has 0 heterocycles. The van der Waals surface area contributed by atoms with Gasteiger partial charge in [0.1, 0.15) is 4.90 Å². The summed E-state index contributed by atoms with van der Waals surface area (Å²) < 4.78 is 26.3. The molecular weight excluding hydrogens is 272 g/mol. The van der Waals surface area contributed by atoms with Crippen molar-refractivity contribution in [2.45, 2.75) is 4.90 Å². The Balaban J connectivity index is 2.98. The predicted octanol–water partition coefficient (Wildman–Crippen LogP) is 1.77. The second-order valence-electron chi connectivity index (χ2n) is 3.55. The number of nitro benzene ring substituents is 1. The minimum absolute atomic E-state index is 0.0750. The van der Waals surface area contributed by atoms with Gasteiger partial charge < -0.3 is 0 Å². The van der Waals surface area contributed by atoms with E-state index in [2.05, 4.69) is 4.40 Å². The molecule has 2 aromatic rings.